The Kier molecular flexibility index (Phi) is 4.38. The van der Waals surface area contributed by atoms with Gasteiger partial charge in [-0.15, -0.1) is 0 Å². The normalized spacial score (nSPS) is 15.3. The van der Waals surface area contributed by atoms with Gasteiger partial charge in [0, 0.05) is 18.7 Å². The molecule has 0 bridgehead atoms. The van der Waals surface area contributed by atoms with E-state index in [1.54, 1.807) is 0 Å². The van der Waals surface area contributed by atoms with Gasteiger partial charge < -0.3 is 9.84 Å². The first-order valence-corrected chi connectivity index (χ1v) is 7.32. The van der Waals surface area contributed by atoms with Crippen LogP contribution in [0, 0.1) is 0 Å². The Hall–Kier alpha value is -1.49. The van der Waals surface area contributed by atoms with Crippen molar-refractivity contribution < 1.29 is 14.6 Å². The molecule has 1 aromatic heterocycles. The number of aromatic nitrogens is 2. The zero-order chi connectivity index (χ0) is 14.8. The molecular formula is C15H22N2O3. The molecule has 0 aromatic carbocycles. The molecule has 0 atom stereocenters. The molecule has 0 spiro atoms. The molecule has 1 heterocycles. The number of ether oxygens (including phenoxy) is 1. The van der Waals surface area contributed by atoms with Crippen LogP contribution in [0.3, 0.4) is 0 Å². The van der Waals surface area contributed by atoms with Gasteiger partial charge in [-0.05, 0) is 32.6 Å². The number of carboxylic acid groups (broad SMARTS) is 1. The molecule has 5 nitrogen and oxygen atoms in total. The highest BCUT2D eigenvalue weighted by molar-refractivity contribution is 5.88. The largest absolute Gasteiger partial charge is 0.478 e. The molecule has 0 saturated heterocycles. The van der Waals surface area contributed by atoms with Crippen LogP contribution in [0.1, 0.15) is 74.2 Å². The molecule has 1 N–H and O–H groups in total. The molecule has 1 aromatic rings. The fourth-order valence-electron chi connectivity index (χ4n) is 2.56. The molecule has 0 unspecified atom stereocenters. The summed E-state index contributed by atoms with van der Waals surface area (Å²) in [6.45, 7) is 6.63. The number of carboxylic acids is 1. The number of nitrogens with zero attached hydrogens (tertiary/aromatic N) is 2. The van der Waals surface area contributed by atoms with Crippen LogP contribution in [0.4, 0.5) is 0 Å². The highest BCUT2D eigenvalue weighted by atomic mass is 16.5. The monoisotopic (exact) mass is 278 g/mol. The lowest BCUT2D eigenvalue weighted by Gasteiger charge is -2.30. The molecule has 2 rings (SSSR count). The Bertz CT molecular complexity index is 494. The molecule has 1 aliphatic carbocycles. The van der Waals surface area contributed by atoms with E-state index in [0.29, 0.717) is 18.1 Å². The zero-order valence-corrected chi connectivity index (χ0v) is 12.3. The second-order valence-electron chi connectivity index (χ2n) is 5.21. The van der Waals surface area contributed by atoms with Crippen LogP contribution in [0.2, 0.25) is 0 Å². The predicted octanol–water partition coefficient (Wildman–Crippen LogP) is 3.10. The van der Waals surface area contributed by atoms with Gasteiger partial charge in [-0.25, -0.2) is 14.8 Å². The van der Waals surface area contributed by atoms with E-state index in [1.165, 1.54) is 6.20 Å². The number of carbonyl (C=O) groups is 1. The maximum absolute atomic E-state index is 11.3. The third-order valence-electron chi connectivity index (χ3n) is 3.98. The van der Waals surface area contributed by atoms with Crippen molar-refractivity contribution in [3.05, 3.63) is 23.3 Å². The van der Waals surface area contributed by atoms with Gasteiger partial charge in [0.25, 0.3) is 0 Å². The van der Waals surface area contributed by atoms with Crippen LogP contribution < -0.4 is 0 Å². The Morgan fingerprint density at radius 2 is 2.05 bits per heavy atom. The van der Waals surface area contributed by atoms with E-state index in [0.717, 1.165) is 25.7 Å². The summed E-state index contributed by atoms with van der Waals surface area (Å²) in [5, 5.41) is 9.24. The minimum absolute atomic E-state index is 0.230. The average molecular weight is 278 g/mol. The van der Waals surface area contributed by atoms with Gasteiger partial charge in [0.2, 0.25) is 0 Å². The van der Waals surface area contributed by atoms with Gasteiger partial charge in [0.15, 0.2) is 5.82 Å². The maximum Gasteiger partial charge on any atom is 0.339 e. The standard InChI is InChI=1S/C15H22N2O3/c1-4-15(5-2,20-6-3)14-16-9-11(13(18)19)12(17-14)10-7-8-10/h9-10H,4-8H2,1-3H3,(H,18,19). The topological polar surface area (TPSA) is 72.3 Å². The molecule has 1 fully saturated rings. The summed E-state index contributed by atoms with van der Waals surface area (Å²) in [5.74, 6) is -0.0550. The van der Waals surface area contributed by atoms with Crippen LogP contribution in [-0.2, 0) is 10.3 Å². The summed E-state index contributed by atoms with van der Waals surface area (Å²) < 4.78 is 5.90. The van der Waals surface area contributed by atoms with Crippen molar-refractivity contribution in [3.8, 4) is 0 Å². The molecule has 0 amide bonds. The van der Waals surface area contributed by atoms with Crippen molar-refractivity contribution in [1.82, 2.24) is 9.97 Å². The fourth-order valence-corrected chi connectivity index (χ4v) is 2.56. The van der Waals surface area contributed by atoms with Gasteiger partial charge in [0.1, 0.15) is 5.60 Å². The van der Waals surface area contributed by atoms with Crippen molar-refractivity contribution in [2.24, 2.45) is 0 Å². The van der Waals surface area contributed by atoms with Crippen molar-refractivity contribution in [3.63, 3.8) is 0 Å². The molecule has 0 aliphatic heterocycles. The van der Waals surface area contributed by atoms with Gasteiger partial charge in [-0.1, -0.05) is 13.8 Å². The molecular weight excluding hydrogens is 256 g/mol. The van der Waals surface area contributed by atoms with Gasteiger partial charge in [0.05, 0.1) is 11.3 Å². The lowest BCUT2D eigenvalue weighted by molar-refractivity contribution is -0.0573. The van der Waals surface area contributed by atoms with E-state index in [-0.39, 0.29) is 11.5 Å². The van der Waals surface area contributed by atoms with Gasteiger partial charge in [-0.2, -0.15) is 0 Å². The first-order valence-electron chi connectivity index (χ1n) is 7.32. The van der Waals surface area contributed by atoms with Crippen LogP contribution in [0.25, 0.3) is 0 Å². The SMILES string of the molecule is CCOC(CC)(CC)c1ncc(C(=O)O)c(C2CC2)n1. The van der Waals surface area contributed by atoms with E-state index >= 15 is 0 Å². The highest BCUT2D eigenvalue weighted by Gasteiger charge is 2.36. The summed E-state index contributed by atoms with van der Waals surface area (Å²) >= 11 is 0. The summed E-state index contributed by atoms with van der Waals surface area (Å²) in [4.78, 5) is 20.1. The third-order valence-corrected chi connectivity index (χ3v) is 3.98. The molecule has 20 heavy (non-hydrogen) atoms. The lowest BCUT2D eigenvalue weighted by Crippen LogP contribution is -2.31. The zero-order valence-electron chi connectivity index (χ0n) is 12.3. The van der Waals surface area contributed by atoms with E-state index < -0.39 is 11.6 Å². The molecule has 1 saturated carbocycles. The smallest absolute Gasteiger partial charge is 0.339 e. The number of rotatable bonds is 7. The average Bonchev–Trinajstić information content (AvgIpc) is 3.28. The van der Waals surface area contributed by atoms with Crippen LogP contribution in [0.15, 0.2) is 6.20 Å². The highest BCUT2D eigenvalue weighted by Crippen LogP contribution is 2.41. The van der Waals surface area contributed by atoms with Crippen LogP contribution in [-0.4, -0.2) is 27.7 Å². The van der Waals surface area contributed by atoms with Crippen molar-refractivity contribution >= 4 is 5.97 Å². The van der Waals surface area contributed by atoms with Crippen molar-refractivity contribution in [2.45, 2.75) is 58.0 Å². The van der Waals surface area contributed by atoms with E-state index in [4.69, 9.17) is 4.74 Å². The van der Waals surface area contributed by atoms with Crippen LogP contribution in [0.5, 0.6) is 0 Å². The second-order valence-corrected chi connectivity index (χ2v) is 5.21. The molecule has 5 heteroatoms. The summed E-state index contributed by atoms with van der Waals surface area (Å²) in [6.07, 6.45) is 5.01. The second kappa shape index (κ2) is 5.87. The van der Waals surface area contributed by atoms with Crippen LogP contribution >= 0.6 is 0 Å². The Labute approximate surface area is 119 Å². The van der Waals surface area contributed by atoms with Crippen molar-refractivity contribution in [1.29, 1.82) is 0 Å². The molecule has 110 valence electrons. The minimum atomic E-state index is -0.951. The van der Waals surface area contributed by atoms with E-state index in [2.05, 4.69) is 9.97 Å². The minimum Gasteiger partial charge on any atom is -0.478 e. The quantitative estimate of drug-likeness (QED) is 0.829. The lowest BCUT2D eigenvalue weighted by atomic mass is 9.95. The fraction of sp³-hybridized carbons (Fsp3) is 0.667. The van der Waals surface area contributed by atoms with E-state index in [1.807, 2.05) is 20.8 Å². The summed E-state index contributed by atoms with van der Waals surface area (Å²) in [6, 6.07) is 0. The molecule has 0 radical (unpaired) electrons. The first-order chi connectivity index (χ1) is 9.57. The Balaban J connectivity index is 2.46. The number of hydrogen-bond acceptors (Lipinski definition) is 4. The summed E-state index contributed by atoms with van der Waals surface area (Å²) in [5.41, 5.74) is 0.400. The van der Waals surface area contributed by atoms with Crippen molar-refractivity contribution in [2.75, 3.05) is 6.61 Å². The van der Waals surface area contributed by atoms with E-state index in [9.17, 15) is 9.90 Å². The summed E-state index contributed by atoms with van der Waals surface area (Å²) in [7, 11) is 0. The number of hydrogen-bond donors (Lipinski definition) is 1. The third kappa shape index (κ3) is 2.68. The predicted molar refractivity (Wildman–Crippen MR) is 74.9 cm³/mol. The maximum atomic E-state index is 11.3. The molecule has 1 aliphatic rings. The first kappa shape index (κ1) is 14.9. The number of aromatic carboxylic acids is 1. The Morgan fingerprint density at radius 1 is 1.40 bits per heavy atom. The Morgan fingerprint density at radius 3 is 2.50 bits per heavy atom. The van der Waals surface area contributed by atoms with Gasteiger partial charge >= 0.3 is 5.97 Å². The van der Waals surface area contributed by atoms with Gasteiger partial charge in [-0.3, -0.25) is 0 Å².